The lowest BCUT2D eigenvalue weighted by Gasteiger charge is -2.09. The monoisotopic (exact) mass is 317 g/mol. The lowest BCUT2D eigenvalue weighted by Crippen LogP contribution is -2.32. The first-order chi connectivity index (χ1) is 11.1. The van der Waals surface area contributed by atoms with E-state index < -0.39 is 11.2 Å². The van der Waals surface area contributed by atoms with Crippen molar-refractivity contribution in [1.82, 2.24) is 14.9 Å². The fourth-order valence-corrected chi connectivity index (χ4v) is 2.55. The molecule has 6 nitrogen and oxygen atoms in total. The zero-order valence-electron chi connectivity index (χ0n) is 13.4. The maximum atomic E-state index is 12.0. The number of fused-ring (bicyclic) bond motifs is 1. The van der Waals surface area contributed by atoms with Crippen molar-refractivity contribution in [3.05, 3.63) is 45.1 Å². The first-order valence-electron chi connectivity index (χ1n) is 8.12. The number of H-pyrrole nitrogens is 1. The molecule has 124 valence electrons. The highest BCUT2D eigenvalue weighted by Crippen LogP contribution is 2.07. The Balaban J connectivity index is 1.98. The van der Waals surface area contributed by atoms with Crippen LogP contribution in [0.15, 0.2) is 33.9 Å². The maximum Gasteiger partial charge on any atom is 0.328 e. The Kier molecular flexibility index (Phi) is 6.14. The van der Waals surface area contributed by atoms with Gasteiger partial charge in [-0.25, -0.2) is 4.79 Å². The minimum Gasteiger partial charge on any atom is -0.356 e. The summed E-state index contributed by atoms with van der Waals surface area (Å²) in [4.78, 5) is 37.9. The van der Waals surface area contributed by atoms with Gasteiger partial charge in [0.1, 0.15) is 0 Å². The van der Waals surface area contributed by atoms with Crippen LogP contribution in [0, 0.1) is 0 Å². The number of carbonyl (C=O) groups is 1. The van der Waals surface area contributed by atoms with E-state index in [1.807, 2.05) is 0 Å². The van der Waals surface area contributed by atoms with Crippen LogP contribution in [0.5, 0.6) is 0 Å². The van der Waals surface area contributed by atoms with E-state index in [0.717, 1.165) is 19.3 Å². The zero-order chi connectivity index (χ0) is 16.7. The standard InChI is InChI=1S/C17H23N3O3/c1-2-3-4-7-11-18-15(21)10-12-20-14-9-6-5-8-13(14)16(22)19-17(20)23/h5-6,8-9H,2-4,7,10-12H2,1H3,(H,18,21)(H,19,22,23). The van der Waals surface area contributed by atoms with Crippen LogP contribution in [0.25, 0.3) is 10.9 Å². The number of nitrogens with one attached hydrogen (secondary N) is 2. The second kappa shape index (κ2) is 8.31. The van der Waals surface area contributed by atoms with Gasteiger partial charge in [-0.1, -0.05) is 38.3 Å². The number of aromatic amines is 1. The fraction of sp³-hybridized carbons (Fsp3) is 0.471. The zero-order valence-corrected chi connectivity index (χ0v) is 13.4. The Morgan fingerprint density at radius 3 is 2.74 bits per heavy atom. The number of unbranched alkanes of at least 4 members (excludes halogenated alkanes) is 3. The third kappa shape index (κ3) is 4.55. The number of aromatic nitrogens is 2. The minimum absolute atomic E-state index is 0.0799. The first kappa shape index (κ1) is 17.0. The molecule has 6 heteroatoms. The number of nitrogens with zero attached hydrogens (tertiary/aromatic N) is 1. The minimum atomic E-state index is -0.482. The molecule has 0 saturated heterocycles. The summed E-state index contributed by atoms with van der Waals surface area (Å²) in [6, 6.07) is 6.90. The number of benzene rings is 1. The summed E-state index contributed by atoms with van der Waals surface area (Å²) >= 11 is 0. The van der Waals surface area contributed by atoms with Gasteiger partial charge in [0.15, 0.2) is 0 Å². The summed E-state index contributed by atoms with van der Waals surface area (Å²) in [6.45, 7) is 3.06. The highest BCUT2D eigenvalue weighted by Gasteiger charge is 2.08. The molecule has 0 spiro atoms. The van der Waals surface area contributed by atoms with E-state index in [9.17, 15) is 14.4 Å². The largest absolute Gasteiger partial charge is 0.356 e. The number of aryl methyl sites for hydroxylation is 1. The quantitative estimate of drug-likeness (QED) is 0.728. The SMILES string of the molecule is CCCCCCNC(=O)CCn1c(=O)[nH]c(=O)c2ccccc21. The summed E-state index contributed by atoms with van der Waals surface area (Å²) in [5, 5.41) is 3.32. The van der Waals surface area contributed by atoms with Crippen LogP contribution in [-0.2, 0) is 11.3 Å². The molecule has 0 aliphatic carbocycles. The van der Waals surface area contributed by atoms with Gasteiger partial charge >= 0.3 is 5.69 Å². The number of rotatable bonds is 8. The van der Waals surface area contributed by atoms with Crippen LogP contribution < -0.4 is 16.6 Å². The molecular weight excluding hydrogens is 294 g/mol. The first-order valence-corrected chi connectivity index (χ1v) is 8.12. The molecule has 2 N–H and O–H groups in total. The summed E-state index contributed by atoms with van der Waals surface area (Å²) in [5.74, 6) is -0.0799. The van der Waals surface area contributed by atoms with Gasteiger partial charge in [0, 0.05) is 19.5 Å². The number of amides is 1. The molecule has 0 aliphatic heterocycles. The summed E-state index contributed by atoms with van der Waals surface area (Å²) in [7, 11) is 0. The van der Waals surface area contributed by atoms with E-state index in [0.29, 0.717) is 17.4 Å². The summed E-state index contributed by atoms with van der Waals surface area (Å²) < 4.78 is 1.44. The van der Waals surface area contributed by atoms with Crippen molar-refractivity contribution in [2.45, 2.75) is 45.6 Å². The molecule has 1 heterocycles. The number of hydrogen-bond donors (Lipinski definition) is 2. The lowest BCUT2D eigenvalue weighted by molar-refractivity contribution is -0.121. The molecule has 1 amide bonds. The predicted octanol–water partition coefficient (Wildman–Crippen LogP) is 1.78. The van der Waals surface area contributed by atoms with Crippen molar-refractivity contribution >= 4 is 16.8 Å². The molecule has 0 bridgehead atoms. The van der Waals surface area contributed by atoms with Crippen molar-refractivity contribution in [1.29, 1.82) is 0 Å². The van der Waals surface area contributed by atoms with Gasteiger partial charge in [-0.2, -0.15) is 0 Å². The van der Waals surface area contributed by atoms with Crippen LogP contribution in [0.2, 0.25) is 0 Å². The van der Waals surface area contributed by atoms with E-state index in [2.05, 4.69) is 17.2 Å². The fourth-order valence-electron chi connectivity index (χ4n) is 2.55. The maximum absolute atomic E-state index is 12.0. The third-order valence-electron chi connectivity index (χ3n) is 3.82. The third-order valence-corrected chi connectivity index (χ3v) is 3.82. The molecule has 1 aromatic heterocycles. The average molecular weight is 317 g/mol. The Hall–Kier alpha value is -2.37. The van der Waals surface area contributed by atoms with Gasteiger partial charge in [-0.05, 0) is 18.6 Å². The van der Waals surface area contributed by atoms with Crippen molar-refractivity contribution in [3.63, 3.8) is 0 Å². The Morgan fingerprint density at radius 1 is 1.17 bits per heavy atom. The van der Waals surface area contributed by atoms with Crippen LogP contribution in [0.3, 0.4) is 0 Å². The molecule has 2 rings (SSSR count). The lowest BCUT2D eigenvalue weighted by atomic mass is 10.2. The Morgan fingerprint density at radius 2 is 1.96 bits per heavy atom. The van der Waals surface area contributed by atoms with E-state index in [-0.39, 0.29) is 18.9 Å². The van der Waals surface area contributed by atoms with Gasteiger partial charge in [0.25, 0.3) is 5.56 Å². The van der Waals surface area contributed by atoms with Crippen molar-refractivity contribution in [2.75, 3.05) is 6.54 Å². The normalized spacial score (nSPS) is 10.8. The van der Waals surface area contributed by atoms with E-state index in [4.69, 9.17) is 0 Å². The summed E-state index contributed by atoms with van der Waals surface area (Å²) in [6.07, 6.45) is 4.64. The van der Waals surface area contributed by atoms with E-state index in [1.54, 1.807) is 24.3 Å². The highest BCUT2D eigenvalue weighted by molar-refractivity contribution is 5.78. The number of hydrogen-bond acceptors (Lipinski definition) is 3. The van der Waals surface area contributed by atoms with Gasteiger partial charge < -0.3 is 5.32 Å². The van der Waals surface area contributed by atoms with E-state index in [1.165, 1.54) is 11.0 Å². The molecule has 2 aromatic rings. The molecule has 0 aliphatic rings. The van der Waals surface area contributed by atoms with Crippen molar-refractivity contribution < 1.29 is 4.79 Å². The predicted molar refractivity (Wildman–Crippen MR) is 90.6 cm³/mol. The van der Waals surface area contributed by atoms with Gasteiger partial charge in [0.2, 0.25) is 5.91 Å². The van der Waals surface area contributed by atoms with Crippen LogP contribution >= 0.6 is 0 Å². The molecule has 0 fully saturated rings. The molecule has 0 unspecified atom stereocenters. The Labute approximate surface area is 134 Å². The van der Waals surface area contributed by atoms with Crippen molar-refractivity contribution in [3.8, 4) is 0 Å². The highest BCUT2D eigenvalue weighted by atomic mass is 16.2. The molecule has 23 heavy (non-hydrogen) atoms. The molecule has 0 atom stereocenters. The topological polar surface area (TPSA) is 84.0 Å². The van der Waals surface area contributed by atoms with Crippen LogP contribution in [0.4, 0.5) is 0 Å². The molecular formula is C17H23N3O3. The van der Waals surface area contributed by atoms with E-state index >= 15 is 0 Å². The van der Waals surface area contributed by atoms with Gasteiger partial charge in [-0.15, -0.1) is 0 Å². The van der Waals surface area contributed by atoms with Crippen LogP contribution in [-0.4, -0.2) is 22.0 Å². The van der Waals surface area contributed by atoms with Crippen LogP contribution in [0.1, 0.15) is 39.0 Å². The number of para-hydroxylation sites is 1. The van der Waals surface area contributed by atoms with Gasteiger partial charge in [-0.3, -0.25) is 19.1 Å². The molecule has 1 aromatic carbocycles. The smallest absolute Gasteiger partial charge is 0.328 e. The average Bonchev–Trinajstić information content (AvgIpc) is 2.54. The molecule has 0 radical (unpaired) electrons. The van der Waals surface area contributed by atoms with Gasteiger partial charge in [0.05, 0.1) is 10.9 Å². The number of carbonyl (C=O) groups excluding carboxylic acids is 1. The second-order valence-electron chi connectivity index (χ2n) is 5.59. The molecule has 0 saturated carbocycles. The Bertz CT molecular complexity index is 776. The summed E-state index contributed by atoms with van der Waals surface area (Å²) in [5.41, 5.74) is -0.330. The second-order valence-corrected chi connectivity index (χ2v) is 5.59. The van der Waals surface area contributed by atoms with Crippen molar-refractivity contribution in [2.24, 2.45) is 0 Å².